The van der Waals surface area contributed by atoms with Crippen molar-refractivity contribution in [2.75, 3.05) is 18.4 Å². The summed E-state index contributed by atoms with van der Waals surface area (Å²) in [5.41, 5.74) is 0.443. The molecule has 4 nitrogen and oxygen atoms in total. The van der Waals surface area contributed by atoms with Crippen LogP contribution in [-0.2, 0) is 4.74 Å². The number of hydrogen-bond acceptors (Lipinski definition) is 4. The van der Waals surface area contributed by atoms with Crippen molar-refractivity contribution in [1.82, 2.24) is 5.32 Å². The maximum Gasteiger partial charge on any atom is 0.407 e. The Labute approximate surface area is 133 Å². The Hall–Kier alpha value is -1.82. The minimum atomic E-state index is -0.484. The Morgan fingerprint density at radius 1 is 1.32 bits per heavy atom. The molecule has 1 amide bonds. The maximum atomic E-state index is 13.6. The Kier molecular flexibility index (Phi) is 5.24. The van der Waals surface area contributed by atoms with Gasteiger partial charge in [-0.25, -0.2) is 9.18 Å². The van der Waals surface area contributed by atoms with Crippen LogP contribution in [0.15, 0.2) is 23.6 Å². The molecule has 1 aromatic carbocycles. The van der Waals surface area contributed by atoms with E-state index in [0.717, 1.165) is 17.5 Å². The molecule has 0 unspecified atom stereocenters. The summed E-state index contributed by atoms with van der Waals surface area (Å²) in [6.07, 6.45) is 0.349. The highest BCUT2D eigenvalue weighted by molar-refractivity contribution is 7.17. The third-order valence-corrected chi connectivity index (χ3v) is 3.89. The first-order valence-electron chi connectivity index (χ1n) is 7.23. The molecule has 0 aliphatic carbocycles. The number of hydrogen-bond donors (Lipinski definition) is 2. The van der Waals surface area contributed by atoms with Crippen LogP contribution in [0.2, 0.25) is 0 Å². The van der Waals surface area contributed by atoms with E-state index in [1.165, 1.54) is 17.4 Å². The molecule has 6 heteroatoms. The van der Waals surface area contributed by atoms with Crippen LogP contribution < -0.4 is 10.6 Å². The summed E-state index contributed by atoms with van der Waals surface area (Å²) in [7, 11) is 0. The lowest BCUT2D eigenvalue weighted by molar-refractivity contribution is 0.0528. The predicted octanol–water partition coefficient (Wildman–Crippen LogP) is 4.37. The van der Waals surface area contributed by atoms with Gasteiger partial charge in [0.15, 0.2) is 0 Å². The number of nitrogens with one attached hydrogen (secondary N) is 2. The number of halogens is 1. The van der Waals surface area contributed by atoms with Crippen LogP contribution in [0.3, 0.4) is 0 Å². The van der Waals surface area contributed by atoms with Gasteiger partial charge in [0, 0.05) is 23.9 Å². The Balaban J connectivity index is 1.75. The second-order valence-electron chi connectivity index (χ2n) is 5.97. The van der Waals surface area contributed by atoms with Crippen LogP contribution in [0.4, 0.5) is 14.9 Å². The van der Waals surface area contributed by atoms with E-state index in [-0.39, 0.29) is 5.82 Å². The highest BCUT2D eigenvalue weighted by Gasteiger charge is 2.15. The Morgan fingerprint density at radius 3 is 2.82 bits per heavy atom. The van der Waals surface area contributed by atoms with Gasteiger partial charge in [-0.3, -0.25) is 0 Å². The monoisotopic (exact) mass is 324 g/mol. The van der Waals surface area contributed by atoms with Gasteiger partial charge >= 0.3 is 6.09 Å². The lowest BCUT2D eigenvalue weighted by Gasteiger charge is -2.19. The number of fused-ring (bicyclic) bond motifs is 1. The number of anilines is 1. The summed E-state index contributed by atoms with van der Waals surface area (Å²) in [6.45, 7) is 6.70. The van der Waals surface area contributed by atoms with Crippen LogP contribution in [0.1, 0.15) is 27.2 Å². The van der Waals surface area contributed by atoms with Gasteiger partial charge in [0.1, 0.15) is 11.4 Å². The zero-order valence-electron chi connectivity index (χ0n) is 13.0. The van der Waals surface area contributed by atoms with Gasteiger partial charge in [-0.05, 0) is 33.3 Å². The third kappa shape index (κ3) is 4.59. The molecule has 22 heavy (non-hydrogen) atoms. The average molecular weight is 324 g/mol. The molecule has 0 spiro atoms. The minimum Gasteiger partial charge on any atom is -0.444 e. The smallest absolute Gasteiger partial charge is 0.407 e. The molecule has 0 atom stereocenters. The molecule has 0 bridgehead atoms. The van der Waals surface area contributed by atoms with Crippen LogP contribution in [-0.4, -0.2) is 24.8 Å². The number of ether oxygens (including phenoxy) is 1. The van der Waals surface area contributed by atoms with Crippen molar-refractivity contribution in [3.8, 4) is 0 Å². The van der Waals surface area contributed by atoms with Gasteiger partial charge in [-0.2, -0.15) is 0 Å². The number of amides is 1. The van der Waals surface area contributed by atoms with E-state index in [9.17, 15) is 9.18 Å². The molecule has 2 N–H and O–H groups in total. The van der Waals surface area contributed by atoms with Crippen molar-refractivity contribution < 1.29 is 13.9 Å². The summed E-state index contributed by atoms with van der Waals surface area (Å²) >= 11 is 1.39. The number of carbonyl (C=O) groups excluding carboxylic acids is 1. The highest BCUT2D eigenvalue weighted by atomic mass is 32.1. The van der Waals surface area contributed by atoms with E-state index in [0.29, 0.717) is 17.8 Å². The molecular formula is C16H21FN2O2S. The van der Waals surface area contributed by atoms with E-state index in [4.69, 9.17) is 4.74 Å². The molecule has 2 rings (SSSR count). The summed E-state index contributed by atoms with van der Waals surface area (Å²) < 4.78 is 19.4. The van der Waals surface area contributed by atoms with Gasteiger partial charge in [0.25, 0.3) is 0 Å². The number of benzene rings is 1. The van der Waals surface area contributed by atoms with Gasteiger partial charge < -0.3 is 15.4 Å². The minimum absolute atomic E-state index is 0.192. The summed E-state index contributed by atoms with van der Waals surface area (Å²) in [5.74, 6) is -0.192. The third-order valence-electron chi connectivity index (χ3n) is 2.89. The number of carbonyl (C=O) groups is 1. The highest BCUT2D eigenvalue weighted by Crippen LogP contribution is 2.31. The van der Waals surface area contributed by atoms with Gasteiger partial charge in [-0.1, -0.05) is 12.1 Å². The Morgan fingerprint density at radius 2 is 2.09 bits per heavy atom. The second kappa shape index (κ2) is 6.96. The van der Waals surface area contributed by atoms with Crippen molar-refractivity contribution in [3.05, 3.63) is 29.4 Å². The van der Waals surface area contributed by atoms with E-state index in [2.05, 4.69) is 10.6 Å². The average Bonchev–Trinajstić information content (AvgIpc) is 2.81. The van der Waals surface area contributed by atoms with Crippen molar-refractivity contribution in [2.24, 2.45) is 0 Å². The van der Waals surface area contributed by atoms with Crippen molar-refractivity contribution in [1.29, 1.82) is 0 Å². The molecule has 2 aromatic rings. The predicted molar refractivity (Wildman–Crippen MR) is 89.1 cm³/mol. The standard InChI is InChI=1S/C16H21FN2O2S/c1-16(2,3)21-15(20)19-9-5-8-18-13-10-22-14-11(13)6-4-7-12(14)17/h4,6-7,10,18H,5,8-9H2,1-3H3,(H,19,20). The largest absolute Gasteiger partial charge is 0.444 e. The molecule has 0 fully saturated rings. The van der Waals surface area contributed by atoms with Crippen molar-refractivity contribution >= 4 is 33.2 Å². The SMILES string of the molecule is CC(C)(C)OC(=O)NCCCNc1csc2c(F)cccc12. The first-order valence-corrected chi connectivity index (χ1v) is 8.11. The fraction of sp³-hybridized carbons (Fsp3) is 0.438. The topological polar surface area (TPSA) is 50.4 Å². The molecular weight excluding hydrogens is 303 g/mol. The second-order valence-corrected chi connectivity index (χ2v) is 6.85. The number of alkyl carbamates (subject to hydrolysis) is 1. The molecule has 1 heterocycles. The van der Waals surface area contributed by atoms with Gasteiger partial charge in [0.05, 0.1) is 10.4 Å². The zero-order chi connectivity index (χ0) is 16.2. The van der Waals surface area contributed by atoms with Crippen molar-refractivity contribution in [3.63, 3.8) is 0 Å². The fourth-order valence-corrected chi connectivity index (χ4v) is 2.91. The summed E-state index contributed by atoms with van der Waals surface area (Å²) in [4.78, 5) is 11.5. The van der Waals surface area contributed by atoms with E-state index < -0.39 is 11.7 Å². The first-order chi connectivity index (χ1) is 10.4. The summed E-state index contributed by atoms with van der Waals surface area (Å²) in [6, 6.07) is 5.07. The molecule has 0 saturated carbocycles. The molecule has 0 radical (unpaired) electrons. The van der Waals surface area contributed by atoms with Crippen LogP contribution in [0.25, 0.3) is 10.1 Å². The van der Waals surface area contributed by atoms with Gasteiger partial charge in [0.2, 0.25) is 0 Å². The maximum absolute atomic E-state index is 13.6. The number of thiophene rings is 1. The quantitative estimate of drug-likeness (QED) is 0.803. The van der Waals surface area contributed by atoms with Crippen LogP contribution in [0, 0.1) is 5.82 Å². The molecule has 0 saturated heterocycles. The molecule has 120 valence electrons. The number of rotatable bonds is 5. The van der Waals surface area contributed by atoms with Crippen LogP contribution in [0.5, 0.6) is 0 Å². The fourth-order valence-electron chi connectivity index (χ4n) is 1.98. The normalized spacial score (nSPS) is 11.5. The lowest BCUT2D eigenvalue weighted by atomic mass is 10.2. The van der Waals surface area contributed by atoms with E-state index in [1.54, 1.807) is 6.07 Å². The molecule has 0 aliphatic heterocycles. The zero-order valence-corrected chi connectivity index (χ0v) is 13.8. The first kappa shape index (κ1) is 16.5. The van der Waals surface area contributed by atoms with Crippen molar-refractivity contribution in [2.45, 2.75) is 32.8 Å². The van der Waals surface area contributed by atoms with Gasteiger partial charge in [-0.15, -0.1) is 11.3 Å². The Bertz CT molecular complexity index is 649. The summed E-state index contributed by atoms with van der Waals surface area (Å²) in [5, 5.41) is 8.78. The van der Waals surface area contributed by atoms with E-state index >= 15 is 0 Å². The van der Waals surface area contributed by atoms with Crippen LogP contribution >= 0.6 is 11.3 Å². The van der Waals surface area contributed by atoms with E-state index in [1.807, 2.05) is 32.2 Å². The molecule has 0 aliphatic rings. The molecule has 1 aromatic heterocycles. The lowest BCUT2D eigenvalue weighted by Crippen LogP contribution is -2.33.